The minimum absolute atomic E-state index is 0.389. The number of hydrogen-bond acceptors (Lipinski definition) is 1. The lowest BCUT2D eigenvalue weighted by molar-refractivity contribution is -0.306. The molecule has 0 bridgehead atoms. The van der Waals surface area contributed by atoms with Crippen molar-refractivity contribution < 1.29 is 26.7 Å². The van der Waals surface area contributed by atoms with E-state index < -0.39 is 49.5 Å². The summed E-state index contributed by atoms with van der Waals surface area (Å²) in [7, 11) is 0. The molecule has 2 unspecified atom stereocenters. The van der Waals surface area contributed by atoms with Crippen molar-refractivity contribution in [3.63, 3.8) is 0 Å². The lowest BCUT2D eigenvalue weighted by atomic mass is 9.69. The molecule has 0 heterocycles. The molecule has 3 aliphatic rings. The Morgan fingerprint density at radius 2 is 1.19 bits per heavy atom. The predicted octanol–water partition coefficient (Wildman–Crippen LogP) is 6.41. The monoisotopic (exact) mass is 382 g/mol. The molecule has 26 heavy (non-hydrogen) atoms. The van der Waals surface area contributed by atoms with Crippen LogP contribution in [0, 0.1) is 23.7 Å². The molecule has 2 atom stereocenters. The fourth-order valence-corrected chi connectivity index (χ4v) is 5.18. The molecule has 3 fully saturated rings. The van der Waals surface area contributed by atoms with E-state index in [1.54, 1.807) is 0 Å². The summed E-state index contributed by atoms with van der Waals surface area (Å²) in [5.74, 6) is 1.04. The molecule has 3 rings (SSSR count). The fraction of sp³-hybridized carbons (Fsp3) is 1.00. The highest BCUT2D eigenvalue weighted by Crippen LogP contribution is 2.46. The lowest BCUT2D eigenvalue weighted by Crippen LogP contribution is -2.45. The predicted molar refractivity (Wildman–Crippen MR) is 90.3 cm³/mol. The van der Waals surface area contributed by atoms with Crippen LogP contribution >= 0.6 is 0 Å². The lowest BCUT2D eigenvalue weighted by Gasteiger charge is -2.40. The van der Waals surface area contributed by atoms with Crippen LogP contribution in [0.25, 0.3) is 0 Å². The summed E-state index contributed by atoms with van der Waals surface area (Å²) >= 11 is 0. The van der Waals surface area contributed by atoms with Gasteiger partial charge in [-0.25, -0.2) is 13.2 Å². The van der Waals surface area contributed by atoms with Crippen molar-refractivity contribution in [3.8, 4) is 0 Å². The van der Waals surface area contributed by atoms with Crippen LogP contribution in [-0.4, -0.2) is 30.7 Å². The van der Waals surface area contributed by atoms with Crippen LogP contribution in [0.4, 0.5) is 22.0 Å². The molecule has 0 aromatic rings. The summed E-state index contributed by atoms with van der Waals surface area (Å²) in [6.07, 6.45) is -4.79. The molecule has 0 aromatic heterocycles. The number of alkyl halides is 5. The highest BCUT2D eigenvalue weighted by molar-refractivity contribution is 4.89. The molecule has 3 aliphatic carbocycles. The zero-order valence-electron chi connectivity index (χ0n) is 15.5. The molecule has 0 aromatic carbocycles. The van der Waals surface area contributed by atoms with E-state index >= 15 is 0 Å². The molecule has 6 heteroatoms. The van der Waals surface area contributed by atoms with Crippen LogP contribution < -0.4 is 0 Å². The first-order chi connectivity index (χ1) is 12.3. The maximum atomic E-state index is 14.5. The van der Waals surface area contributed by atoms with Crippen LogP contribution in [0.1, 0.15) is 71.1 Å². The SMILES string of the molecule is CC1CCC(C2CCC(C(F)(F)OC3CC(F)C(F)C(F)C3)CC2)CC1. The van der Waals surface area contributed by atoms with Crippen LogP contribution in [-0.2, 0) is 4.74 Å². The number of rotatable bonds is 4. The van der Waals surface area contributed by atoms with Crippen LogP contribution in [0.5, 0.6) is 0 Å². The highest BCUT2D eigenvalue weighted by atomic mass is 19.3. The number of hydrogen-bond donors (Lipinski definition) is 0. The Bertz CT molecular complexity index is 431. The van der Waals surface area contributed by atoms with Crippen molar-refractivity contribution in [2.75, 3.05) is 0 Å². The summed E-state index contributed by atoms with van der Waals surface area (Å²) in [6.45, 7) is 2.27. The highest BCUT2D eigenvalue weighted by Gasteiger charge is 2.48. The van der Waals surface area contributed by atoms with E-state index in [2.05, 4.69) is 6.92 Å². The van der Waals surface area contributed by atoms with Gasteiger partial charge in [0.05, 0.1) is 12.0 Å². The summed E-state index contributed by atoms with van der Waals surface area (Å²) in [5, 5.41) is 0. The zero-order valence-corrected chi connectivity index (χ0v) is 15.5. The Balaban J connectivity index is 1.48. The van der Waals surface area contributed by atoms with E-state index in [9.17, 15) is 22.0 Å². The van der Waals surface area contributed by atoms with Gasteiger partial charge in [0.25, 0.3) is 0 Å². The van der Waals surface area contributed by atoms with E-state index in [0.29, 0.717) is 24.7 Å². The first-order valence-corrected chi connectivity index (χ1v) is 10.2. The van der Waals surface area contributed by atoms with E-state index in [0.717, 1.165) is 18.8 Å². The normalized spacial score (nSPS) is 45.5. The molecule has 0 N–H and O–H groups in total. The van der Waals surface area contributed by atoms with Gasteiger partial charge >= 0.3 is 6.11 Å². The van der Waals surface area contributed by atoms with Crippen LogP contribution in [0.15, 0.2) is 0 Å². The van der Waals surface area contributed by atoms with Gasteiger partial charge < -0.3 is 4.74 Å². The summed E-state index contributed by atoms with van der Waals surface area (Å²) in [5.41, 5.74) is 0. The van der Waals surface area contributed by atoms with E-state index in [4.69, 9.17) is 4.74 Å². The van der Waals surface area contributed by atoms with Gasteiger partial charge in [-0.2, -0.15) is 8.78 Å². The number of halogens is 5. The second-order valence-corrected chi connectivity index (χ2v) is 8.88. The van der Waals surface area contributed by atoms with Gasteiger partial charge in [0, 0.05) is 12.8 Å². The van der Waals surface area contributed by atoms with Crippen molar-refractivity contribution >= 4 is 0 Å². The minimum atomic E-state index is -3.39. The molecule has 3 saturated carbocycles. The van der Waals surface area contributed by atoms with E-state index in [1.165, 1.54) is 25.7 Å². The average molecular weight is 382 g/mol. The first kappa shape index (κ1) is 20.3. The van der Waals surface area contributed by atoms with Crippen molar-refractivity contribution in [3.05, 3.63) is 0 Å². The maximum absolute atomic E-state index is 14.5. The van der Waals surface area contributed by atoms with Gasteiger partial charge in [-0.1, -0.05) is 19.8 Å². The Morgan fingerprint density at radius 1 is 0.731 bits per heavy atom. The Hall–Kier alpha value is -0.390. The van der Waals surface area contributed by atoms with Crippen molar-refractivity contribution in [2.45, 2.75) is 102 Å². The second kappa shape index (κ2) is 8.32. The molecule has 0 radical (unpaired) electrons. The van der Waals surface area contributed by atoms with Gasteiger partial charge in [-0.3, -0.25) is 0 Å². The molecule has 0 aliphatic heterocycles. The van der Waals surface area contributed by atoms with Gasteiger partial charge in [-0.05, 0) is 56.3 Å². The third-order valence-electron chi connectivity index (χ3n) is 6.97. The molecule has 0 spiro atoms. The Morgan fingerprint density at radius 3 is 1.69 bits per heavy atom. The van der Waals surface area contributed by atoms with Crippen molar-refractivity contribution in [2.24, 2.45) is 23.7 Å². The Kier molecular flexibility index (Phi) is 6.51. The minimum Gasteiger partial charge on any atom is -0.317 e. The molecule has 0 amide bonds. The van der Waals surface area contributed by atoms with E-state index in [1.807, 2.05) is 0 Å². The summed E-state index contributed by atoms with van der Waals surface area (Å²) in [4.78, 5) is 0. The molecule has 1 nitrogen and oxygen atoms in total. The molecule has 0 saturated heterocycles. The van der Waals surface area contributed by atoms with Crippen molar-refractivity contribution in [1.82, 2.24) is 0 Å². The second-order valence-electron chi connectivity index (χ2n) is 8.88. The standard InChI is InChI=1S/C20H31F5O/c1-12-2-4-13(5-3-12)14-6-8-15(9-7-14)20(24,25)26-16-10-17(21)19(23)18(22)11-16/h12-19H,2-11H2,1H3. The van der Waals surface area contributed by atoms with Crippen LogP contribution in [0.2, 0.25) is 0 Å². The van der Waals surface area contributed by atoms with Gasteiger partial charge in [0.2, 0.25) is 0 Å². The molecule has 152 valence electrons. The number of ether oxygens (including phenoxy) is 1. The third kappa shape index (κ3) is 4.71. The van der Waals surface area contributed by atoms with Crippen LogP contribution in [0.3, 0.4) is 0 Å². The van der Waals surface area contributed by atoms with Gasteiger partial charge in [0.15, 0.2) is 6.17 Å². The van der Waals surface area contributed by atoms with Crippen molar-refractivity contribution in [1.29, 1.82) is 0 Å². The summed E-state index contributed by atoms with van der Waals surface area (Å²) < 4.78 is 73.9. The van der Waals surface area contributed by atoms with Gasteiger partial charge in [0.1, 0.15) is 12.3 Å². The average Bonchev–Trinajstić information content (AvgIpc) is 2.60. The molecular formula is C20H31F5O. The largest absolute Gasteiger partial charge is 0.358 e. The first-order valence-electron chi connectivity index (χ1n) is 10.2. The maximum Gasteiger partial charge on any atom is 0.358 e. The third-order valence-corrected chi connectivity index (χ3v) is 6.97. The molecular weight excluding hydrogens is 351 g/mol. The van der Waals surface area contributed by atoms with Gasteiger partial charge in [-0.15, -0.1) is 0 Å². The zero-order chi connectivity index (χ0) is 18.9. The van der Waals surface area contributed by atoms with E-state index in [-0.39, 0.29) is 0 Å². The fourth-order valence-electron chi connectivity index (χ4n) is 5.18. The summed E-state index contributed by atoms with van der Waals surface area (Å²) in [6, 6.07) is 0. The topological polar surface area (TPSA) is 9.23 Å². The Labute approximate surface area is 153 Å². The smallest absolute Gasteiger partial charge is 0.317 e. The quantitative estimate of drug-likeness (QED) is 0.511.